The predicted octanol–water partition coefficient (Wildman–Crippen LogP) is 1.15. The first-order chi connectivity index (χ1) is 11.0. The molecule has 0 spiro atoms. The summed E-state index contributed by atoms with van der Waals surface area (Å²) in [6.07, 6.45) is 2.30. The van der Waals surface area contributed by atoms with Crippen molar-refractivity contribution in [1.29, 1.82) is 5.26 Å². The Morgan fingerprint density at radius 3 is 2.74 bits per heavy atom. The fraction of sp³-hybridized carbons (Fsp3) is 0.500. The molecule has 2 fully saturated rings. The van der Waals surface area contributed by atoms with E-state index in [0.717, 1.165) is 18.5 Å². The first-order valence-electron chi connectivity index (χ1n) is 7.76. The van der Waals surface area contributed by atoms with Gasteiger partial charge in [0.15, 0.2) is 9.84 Å². The molecule has 1 aromatic rings. The van der Waals surface area contributed by atoms with Crippen molar-refractivity contribution in [3.8, 4) is 6.07 Å². The Labute approximate surface area is 136 Å². The summed E-state index contributed by atoms with van der Waals surface area (Å²) in [5, 5.41) is 11.4. The molecule has 6 nitrogen and oxygen atoms in total. The number of amides is 1. The molecule has 0 radical (unpaired) electrons. The number of carbonyl (C=O) groups excluding carboxylic acids is 1. The fourth-order valence-electron chi connectivity index (χ4n) is 3.48. The highest BCUT2D eigenvalue weighted by Gasteiger charge is 2.45. The van der Waals surface area contributed by atoms with Crippen LogP contribution in [0.3, 0.4) is 0 Å². The lowest BCUT2D eigenvalue weighted by Crippen LogP contribution is -2.55. The molecule has 0 bridgehead atoms. The van der Waals surface area contributed by atoms with Crippen molar-refractivity contribution in [3.63, 3.8) is 0 Å². The van der Waals surface area contributed by atoms with Crippen LogP contribution in [0.15, 0.2) is 24.3 Å². The number of fused-ring (bicyclic) bond motifs is 1. The number of carbonyl (C=O) groups is 1. The molecule has 2 unspecified atom stereocenters. The van der Waals surface area contributed by atoms with E-state index in [9.17, 15) is 13.2 Å². The van der Waals surface area contributed by atoms with Crippen LogP contribution in [0.2, 0.25) is 0 Å². The van der Waals surface area contributed by atoms with Crippen LogP contribution in [-0.2, 0) is 14.6 Å². The SMILES string of the molecule is N#Cc1ccc(NCC(=O)N2CCS(=O)(=O)C3CCCC32)cc1. The Hall–Kier alpha value is -2.07. The van der Waals surface area contributed by atoms with E-state index >= 15 is 0 Å². The highest BCUT2D eigenvalue weighted by molar-refractivity contribution is 7.92. The minimum atomic E-state index is -3.05. The summed E-state index contributed by atoms with van der Waals surface area (Å²) in [6, 6.07) is 8.77. The van der Waals surface area contributed by atoms with Crippen LogP contribution in [0.1, 0.15) is 24.8 Å². The minimum absolute atomic E-state index is 0.0662. The van der Waals surface area contributed by atoms with Gasteiger partial charge in [0.25, 0.3) is 0 Å². The maximum atomic E-state index is 12.5. The van der Waals surface area contributed by atoms with Crippen molar-refractivity contribution < 1.29 is 13.2 Å². The Morgan fingerprint density at radius 1 is 1.30 bits per heavy atom. The molecule has 1 N–H and O–H groups in total. The molecule has 2 aliphatic rings. The van der Waals surface area contributed by atoms with Crippen LogP contribution >= 0.6 is 0 Å². The number of hydrogen-bond donors (Lipinski definition) is 1. The molecule has 1 saturated heterocycles. The molecular formula is C16H19N3O3S. The van der Waals surface area contributed by atoms with Crippen molar-refractivity contribution in [1.82, 2.24) is 4.90 Å². The number of rotatable bonds is 3. The van der Waals surface area contributed by atoms with Gasteiger partial charge in [-0.15, -0.1) is 0 Å². The number of nitrogens with one attached hydrogen (secondary N) is 1. The number of benzene rings is 1. The van der Waals surface area contributed by atoms with E-state index in [1.54, 1.807) is 29.2 Å². The van der Waals surface area contributed by atoms with Crippen LogP contribution in [0.5, 0.6) is 0 Å². The number of hydrogen-bond acceptors (Lipinski definition) is 5. The lowest BCUT2D eigenvalue weighted by atomic mass is 10.2. The quantitative estimate of drug-likeness (QED) is 0.896. The minimum Gasteiger partial charge on any atom is -0.376 e. The topological polar surface area (TPSA) is 90.3 Å². The highest BCUT2D eigenvalue weighted by atomic mass is 32.2. The monoisotopic (exact) mass is 333 g/mol. The molecule has 1 saturated carbocycles. The van der Waals surface area contributed by atoms with Crippen molar-refractivity contribution in [2.24, 2.45) is 0 Å². The van der Waals surface area contributed by atoms with Crippen LogP contribution in [0.25, 0.3) is 0 Å². The second-order valence-corrected chi connectivity index (χ2v) is 8.37. The van der Waals surface area contributed by atoms with Gasteiger partial charge in [0.1, 0.15) is 0 Å². The molecule has 122 valence electrons. The van der Waals surface area contributed by atoms with Gasteiger partial charge in [0, 0.05) is 18.3 Å². The molecule has 1 aliphatic heterocycles. The average Bonchev–Trinajstić information content (AvgIpc) is 3.04. The van der Waals surface area contributed by atoms with Crippen LogP contribution in [-0.4, -0.2) is 49.4 Å². The third-order valence-corrected chi connectivity index (χ3v) is 6.90. The lowest BCUT2D eigenvalue weighted by Gasteiger charge is -2.37. The standard InChI is InChI=1S/C16H19N3O3S/c17-10-12-4-6-13(7-5-12)18-11-16(20)19-8-9-23(21,22)15-3-1-2-14(15)19/h4-7,14-15,18H,1-3,8-9,11H2. The molecular weight excluding hydrogens is 314 g/mol. The number of nitrogens with zero attached hydrogens (tertiary/aromatic N) is 2. The molecule has 1 aliphatic carbocycles. The maximum Gasteiger partial charge on any atom is 0.242 e. The van der Waals surface area contributed by atoms with Gasteiger partial charge in [0.05, 0.1) is 29.2 Å². The summed E-state index contributed by atoms with van der Waals surface area (Å²) >= 11 is 0. The summed E-state index contributed by atoms with van der Waals surface area (Å²) in [5.74, 6) is -0.00213. The van der Waals surface area contributed by atoms with Crippen molar-refractivity contribution in [3.05, 3.63) is 29.8 Å². The number of anilines is 1. The first-order valence-corrected chi connectivity index (χ1v) is 9.48. The van der Waals surface area contributed by atoms with E-state index < -0.39 is 9.84 Å². The molecule has 23 heavy (non-hydrogen) atoms. The third kappa shape index (κ3) is 3.17. The molecule has 1 heterocycles. The zero-order valence-corrected chi connectivity index (χ0v) is 13.6. The summed E-state index contributed by atoms with van der Waals surface area (Å²) in [4.78, 5) is 14.2. The second-order valence-electron chi connectivity index (χ2n) is 6.03. The maximum absolute atomic E-state index is 12.5. The smallest absolute Gasteiger partial charge is 0.242 e. The van der Waals surface area contributed by atoms with E-state index in [-0.39, 0.29) is 36.0 Å². The average molecular weight is 333 g/mol. The van der Waals surface area contributed by atoms with E-state index in [2.05, 4.69) is 5.32 Å². The van der Waals surface area contributed by atoms with Gasteiger partial charge in [-0.25, -0.2) is 8.42 Å². The normalized spacial score (nSPS) is 25.4. The van der Waals surface area contributed by atoms with Crippen molar-refractivity contribution >= 4 is 21.4 Å². The summed E-state index contributed by atoms with van der Waals surface area (Å²) in [6.45, 7) is 0.423. The largest absolute Gasteiger partial charge is 0.376 e. The Kier molecular flexibility index (Phi) is 4.26. The van der Waals surface area contributed by atoms with Gasteiger partial charge in [0.2, 0.25) is 5.91 Å². The molecule has 3 rings (SSSR count). The van der Waals surface area contributed by atoms with Crippen LogP contribution in [0.4, 0.5) is 5.69 Å². The highest BCUT2D eigenvalue weighted by Crippen LogP contribution is 2.33. The summed E-state index contributed by atoms with van der Waals surface area (Å²) in [5.41, 5.74) is 1.34. The van der Waals surface area contributed by atoms with E-state index in [0.29, 0.717) is 12.0 Å². The molecule has 2 atom stereocenters. The fourth-order valence-corrected chi connectivity index (χ4v) is 5.52. The zero-order valence-electron chi connectivity index (χ0n) is 12.7. The Morgan fingerprint density at radius 2 is 2.04 bits per heavy atom. The van der Waals surface area contributed by atoms with Crippen LogP contribution < -0.4 is 5.32 Å². The van der Waals surface area contributed by atoms with Gasteiger partial charge in [-0.1, -0.05) is 0 Å². The second kappa shape index (κ2) is 6.20. The summed E-state index contributed by atoms with van der Waals surface area (Å²) < 4.78 is 24.2. The molecule has 1 amide bonds. The number of nitriles is 1. The molecule has 7 heteroatoms. The molecule has 1 aromatic carbocycles. The van der Waals surface area contributed by atoms with Crippen molar-refractivity contribution in [2.75, 3.05) is 24.2 Å². The van der Waals surface area contributed by atoms with Crippen LogP contribution in [0, 0.1) is 11.3 Å². The zero-order chi connectivity index (χ0) is 16.4. The van der Waals surface area contributed by atoms with Gasteiger partial charge < -0.3 is 10.2 Å². The predicted molar refractivity (Wildman–Crippen MR) is 86.6 cm³/mol. The van der Waals surface area contributed by atoms with Gasteiger partial charge in [-0.05, 0) is 43.5 Å². The van der Waals surface area contributed by atoms with Gasteiger partial charge in [-0.2, -0.15) is 5.26 Å². The van der Waals surface area contributed by atoms with E-state index in [4.69, 9.17) is 5.26 Å². The Bertz CT molecular complexity index is 737. The first kappa shape index (κ1) is 15.8. The lowest BCUT2D eigenvalue weighted by molar-refractivity contribution is -0.131. The van der Waals surface area contributed by atoms with Gasteiger partial charge in [-0.3, -0.25) is 4.79 Å². The van der Waals surface area contributed by atoms with Gasteiger partial charge >= 0.3 is 0 Å². The Balaban J connectivity index is 1.63. The number of sulfone groups is 1. The van der Waals surface area contributed by atoms with E-state index in [1.807, 2.05) is 6.07 Å². The van der Waals surface area contributed by atoms with E-state index in [1.165, 1.54) is 0 Å². The van der Waals surface area contributed by atoms with Crippen molar-refractivity contribution in [2.45, 2.75) is 30.6 Å². The summed E-state index contributed by atoms with van der Waals surface area (Å²) in [7, 11) is -3.05. The molecule has 0 aromatic heterocycles. The third-order valence-electron chi connectivity index (χ3n) is 4.67.